The molecule has 170 valence electrons. The zero-order valence-corrected chi connectivity index (χ0v) is 20.2. The summed E-state index contributed by atoms with van der Waals surface area (Å²) in [5.74, 6) is 2.06. The van der Waals surface area contributed by atoms with E-state index < -0.39 is 0 Å². The van der Waals surface area contributed by atoms with Gasteiger partial charge in [-0.05, 0) is 43.3 Å². The fourth-order valence-electron chi connectivity index (χ4n) is 4.08. The SMILES string of the molecule is COc1ccccc1OCCSc1nc2sc3c(c2c(=O)n1-c1ccccc1)CCN(C)C3. The van der Waals surface area contributed by atoms with Crippen molar-refractivity contribution in [3.05, 3.63) is 75.4 Å². The monoisotopic (exact) mass is 479 g/mol. The molecule has 8 heteroatoms. The van der Waals surface area contributed by atoms with Gasteiger partial charge in [0.15, 0.2) is 16.7 Å². The number of thioether (sulfide) groups is 1. The van der Waals surface area contributed by atoms with E-state index in [-0.39, 0.29) is 5.56 Å². The molecule has 0 N–H and O–H groups in total. The average Bonchev–Trinajstić information content (AvgIpc) is 3.20. The Bertz CT molecular complexity index is 1330. The van der Waals surface area contributed by atoms with E-state index in [0.29, 0.717) is 29.0 Å². The second-order valence-corrected chi connectivity index (χ2v) is 10.0. The van der Waals surface area contributed by atoms with Gasteiger partial charge in [-0.2, -0.15) is 0 Å². The Kier molecular flexibility index (Phi) is 6.39. The van der Waals surface area contributed by atoms with Crippen LogP contribution in [0.5, 0.6) is 11.5 Å². The summed E-state index contributed by atoms with van der Waals surface area (Å²) in [6, 6.07) is 17.4. The van der Waals surface area contributed by atoms with Gasteiger partial charge in [0.1, 0.15) is 4.83 Å². The molecule has 0 radical (unpaired) electrons. The Morgan fingerprint density at radius 3 is 2.64 bits per heavy atom. The van der Waals surface area contributed by atoms with Crippen LogP contribution in [0, 0.1) is 0 Å². The number of benzene rings is 2. The lowest BCUT2D eigenvalue weighted by molar-refractivity contribution is 0.313. The van der Waals surface area contributed by atoms with Crippen LogP contribution < -0.4 is 15.0 Å². The third kappa shape index (κ3) is 4.38. The van der Waals surface area contributed by atoms with Crippen LogP contribution in [0.3, 0.4) is 0 Å². The number of hydrogen-bond acceptors (Lipinski definition) is 7. The molecule has 0 saturated carbocycles. The first-order chi connectivity index (χ1) is 16.2. The Morgan fingerprint density at radius 1 is 1.09 bits per heavy atom. The van der Waals surface area contributed by atoms with Gasteiger partial charge in [-0.1, -0.05) is 42.1 Å². The summed E-state index contributed by atoms with van der Waals surface area (Å²) in [6.45, 7) is 2.30. The first-order valence-corrected chi connectivity index (χ1v) is 12.7. The van der Waals surface area contributed by atoms with Crippen LogP contribution in [-0.4, -0.2) is 47.5 Å². The maximum atomic E-state index is 13.8. The zero-order chi connectivity index (χ0) is 22.8. The fourth-order valence-corrected chi connectivity index (χ4v) is 6.25. The Labute approximate surface area is 200 Å². The molecular formula is C25H25N3O3S2. The van der Waals surface area contributed by atoms with Crippen molar-refractivity contribution in [1.82, 2.24) is 14.5 Å². The maximum absolute atomic E-state index is 13.8. The van der Waals surface area contributed by atoms with Crippen LogP contribution in [0.1, 0.15) is 10.4 Å². The van der Waals surface area contributed by atoms with E-state index in [1.54, 1.807) is 23.0 Å². The van der Waals surface area contributed by atoms with Gasteiger partial charge in [-0.3, -0.25) is 9.36 Å². The summed E-state index contributed by atoms with van der Waals surface area (Å²) in [7, 11) is 3.75. The molecule has 33 heavy (non-hydrogen) atoms. The van der Waals surface area contributed by atoms with Crippen LogP contribution in [0.15, 0.2) is 64.5 Å². The van der Waals surface area contributed by atoms with Crippen molar-refractivity contribution in [3.63, 3.8) is 0 Å². The van der Waals surface area contributed by atoms with Gasteiger partial charge in [0.05, 0.1) is 24.8 Å². The van der Waals surface area contributed by atoms with Crippen LogP contribution in [-0.2, 0) is 13.0 Å². The number of methoxy groups -OCH3 is 1. The highest BCUT2D eigenvalue weighted by Gasteiger charge is 2.24. The van der Waals surface area contributed by atoms with E-state index in [1.807, 2.05) is 54.6 Å². The summed E-state index contributed by atoms with van der Waals surface area (Å²) >= 11 is 3.18. The molecule has 5 rings (SSSR count). The molecule has 4 aromatic rings. The van der Waals surface area contributed by atoms with Crippen molar-refractivity contribution in [2.24, 2.45) is 0 Å². The van der Waals surface area contributed by atoms with E-state index in [0.717, 1.165) is 35.4 Å². The molecule has 0 spiro atoms. The van der Waals surface area contributed by atoms with Crippen molar-refractivity contribution in [3.8, 4) is 17.2 Å². The van der Waals surface area contributed by atoms with Crippen LogP contribution in [0.25, 0.3) is 15.9 Å². The lowest BCUT2D eigenvalue weighted by Gasteiger charge is -2.21. The number of rotatable bonds is 7. The number of thiophene rings is 1. The van der Waals surface area contributed by atoms with E-state index in [4.69, 9.17) is 14.5 Å². The minimum atomic E-state index is 0.0152. The predicted octanol–water partition coefficient (Wildman–Crippen LogP) is 4.61. The van der Waals surface area contributed by atoms with E-state index in [9.17, 15) is 4.79 Å². The lowest BCUT2D eigenvalue weighted by atomic mass is 10.1. The predicted molar refractivity (Wildman–Crippen MR) is 134 cm³/mol. The van der Waals surface area contributed by atoms with Crippen LogP contribution >= 0.6 is 23.1 Å². The van der Waals surface area contributed by atoms with Gasteiger partial charge >= 0.3 is 0 Å². The van der Waals surface area contributed by atoms with Gasteiger partial charge < -0.3 is 14.4 Å². The number of likely N-dealkylation sites (N-methyl/N-ethyl adjacent to an activating group) is 1. The normalized spacial score (nSPS) is 13.8. The standard InChI is InChI=1S/C25H25N3O3S2/c1-27-13-12-18-21(16-27)33-23-22(18)24(29)28(17-8-4-3-5-9-17)25(26-23)32-15-14-31-20-11-7-6-10-19(20)30-2/h3-11H,12-16H2,1-2H3. The lowest BCUT2D eigenvalue weighted by Crippen LogP contribution is -2.27. The van der Waals surface area contributed by atoms with Crippen molar-refractivity contribution in [1.29, 1.82) is 0 Å². The smallest absolute Gasteiger partial charge is 0.267 e. The highest BCUT2D eigenvalue weighted by Crippen LogP contribution is 2.34. The first kappa shape index (κ1) is 22.0. The van der Waals surface area contributed by atoms with Gasteiger partial charge in [0.25, 0.3) is 5.56 Å². The number of hydrogen-bond donors (Lipinski definition) is 0. The van der Waals surface area contributed by atoms with Crippen molar-refractivity contribution >= 4 is 33.3 Å². The molecule has 6 nitrogen and oxygen atoms in total. The summed E-state index contributed by atoms with van der Waals surface area (Å²) in [5.41, 5.74) is 2.02. The molecule has 2 aromatic carbocycles. The molecule has 1 aliphatic heterocycles. The maximum Gasteiger partial charge on any atom is 0.267 e. The quantitative estimate of drug-likeness (QED) is 0.219. The first-order valence-electron chi connectivity index (χ1n) is 10.9. The summed E-state index contributed by atoms with van der Waals surface area (Å²) < 4.78 is 13.0. The summed E-state index contributed by atoms with van der Waals surface area (Å²) in [5, 5.41) is 1.47. The molecule has 0 bridgehead atoms. The number of ether oxygens (including phenoxy) is 2. The van der Waals surface area contributed by atoms with E-state index in [2.05, 4.69) is 11.9 Å². The molecule has 1 aliphatic rings. The zero-order valence-electron chi connectivity index (χ0n) is 18.6. The van der Waals surface area contributed by atoms with E-state index >= 15 is 0 Å². The Balaban J connectivity index is 1.47. The molecule has 0 unspecified atom stereocenters. The molecule has 0 amide bonds. The second-order valence-electron chi connectivity index (χ2n) is 7.89. The minimum absolute atomic E-state index is 0.0152. The summed E-state index contributed by atoms with van der Waals surface area (Å²) in [6.07, 6.45) is 0.886. The number of para-hydroxylation sites is 3. The molecular weight excluding hydrogens is 454 g/mol. The number of nitrogens with zero attached hydrogens (tertiary/aromatic N) is 3. The third-order valence-corrected chi connectivity index (χ3v) is 7.70. The van der Waals surface area contributed by atoms with Crippen molar-refractivity contribution < 1.29 is 9.47 Å². The molecule has 2 aromatic heterocycles. The second kappa shape index (κ2) is 9.59. The third-order valence-electron chi connectivity index (χ3n) is 5.69. The van der Waals surface area contributed by atoms with Gasteiger partial charge in [0.2, 0.25) is 0 Å². The highest BCUT2D eigenvalue weighted by molar-refractivity contribution is 7.99. The van der Waals surface area contributed by atoms with Crippen LogP contribution in [0.2, 0.25) is 0 Å². The largest absolute Gasteiger partial charge is 0.493 e. The topological polar surface area (TPSA) is 56.6 Å². The number of aromatic nitrogens is 2. The van der Waals surface area contributed by atoms with Crippen LogP contribution in [0.4, 0.5) is 0 Å². The molecule has 0 atom stereocenters. The van der Waals surface area contributed by atoms with Gasteiger partial charge in [-0.15, -0.1) is 11.3 Å². The molecule has 3 heterocycles. The molecule has 0 aliphatic carbocycles. The Hall–Kier alpha value is -2.81. The van der Waals surface area contributed by atoms with Gasteiger partial charge in [-0.25, -0.2) is 4.98 Å². The van der Waals surface area contributed by atoms with Gasteiger partial charge in [0, 0.05) is 23.7 Å². The number of fused-ring (bicyclic) bond motifs is 3. The Morgan fingerprint density at radius 2 is 1.85 bits per heavy atom. The average molecular weight is 480 g/mol. The highest BCUT2D eigenvalue weighted by atomic mass is 32.2. The van der Waals surface area contributed by atoms with E-state index in [1.165, 1.54) is 22.2 Å². The molecule has 0 saturated heterocycles. The fraction of sp³-hybridized carbons (Fsp3) is 0.280. The minimum Gasteiger partial charge on any atom is -0.493 e. The summed E-state index contributed by atoms with van der Waals surface area (Å²) in [4.78, 5) is 23.1. The van der Waals surface area contributed by atoms with Crippen molar-refractivity contribution in [2.45, 2.75) is 18.1 Å². The molecule has 0 fully saturated rings. The van der Waals surface area contributed by atoms with Crippen molar-refractivity contribution in [2.75, 3.05) is 33.1 Å².